The molecule has 2 N–H and O–H groups in total. The zero-order valence-corrected chi connectivity index (χ0v) is 14.1. The van der Waals surface area contributed by atoms with Crippen molar-refractivity contribution in [2.75, 3.05) is 14.2 Å². The van der Waals surface area contributed by atoms with Crippen LogP contribution in [0, 0.1) is 13.8 Å². The van der Waals surface area contributed by atoms with E-state index in [1.54, 1.807) is 31.7 Å². The van der Waals surface area contributed by atoms with Gasteiger partial charge in [-0.25, -0.2) is 9.97 Å². The summed E-state index contributed by atoms with van der Waals surface area (Å²) in [5.74, 6) is 1.36. The second kappa shape index (κ2) is 7.74. The molecule has 7 heteroatoms. The Hall–Kier alpha value is -2.15. The second-order valence-electron chi connectivity index (χ2n) is 4.69. The summed E-state index contributed by atoms with van der Waals surface area (Å²) in [6.07, 6.45) is 1.71. The summed E-state index contributed by atoms with van der Waals surface area (Å²) < 4.78 is 5.24. The molecule has 0 saturated heterocycles. The lowest BCUT2D eigenvalue weighted by Gasteiger charge is -2.12. The van der Waals surface area contributed by atoms with Crippen molar-refractivity contribution >= 4 is 17.3 Å². The number of ether oxygens (including phenoxy) is 1. The van der Waals surface area contributed by atoms with Crippen molar-refractivity contribution in [3.63, 3.8) is 0 Å². The van der Waals surface area contributed by atoms with Crippen molar-refractivity contribution in [2.45, 2.75) is 26.9 Å². The number of thiazole rings is 1. The Bertz CT molecular complexity index is 653. The first-order chi connectivity index (χ1) is 10.6. The molecule has 2 aromatic rings. The van der Waals surface area contributed by atoms with Gasteiger partial charge in [-0.3, -0.25) is 4.99 Å². The molecule has 118 valence electrons. The van der Waals surface area contributed by atoms with E-state index < -0.39 is 0 Å². The fourth-order valence-electron chi connectivity index (χ4n) is 2.04. The van der Waals surface area contributed by atoms with Crippen LogP contribution in [0.1, 0.15) is 21.1 Å². The third-order valence-electron chi connectivity index (χ3n) is 3.13. The van der Waals surface area contributed by atoms with E-state index in [1.807, 2.05) is 26.0 Å². The fourth-order valence-corrected chi connectivity index (χ4v) is 2.92. The highest BCUT2D eigenvalue weighted by Gasteiger charge is 2.07. The fraction of sp³-hybridized carbons (Fsp3) is 0.400. The van der Waals surface area contributed by atoms with Crippen LogP contribution in [0.3, 0.4) is 0 Å². The molecule has 0 radical (unpaired) electrons. The normalized spacial score (nSPS) is 11.4. The third kappa shape index (κ3) is 4.17. The summed E-state index contributed by atoms with van der Waals surface area (Å²) in [5.41, 5.74) is 2.05. The lowest BCUT2D eigenvalue weighted by Crippen LogP contribution is -2.36. The summed E-state index contributed by atoms with van der Waals surface area (Å²) in [5, 5.41) is 7.64. The Labute approximate surface area is 134 Å². The van der Waals surface area contributed by atoms with Crippen molar-refractivity contribution < 1.29 is 4.74 Å². The first-order valence-corrected chi connectivity index (χ1v) is 7.81. The van der Waals surface area contributed by atoms with E-state index in [9.17, 15) is 0 Å². The van der Waals surface area contributed by atoms with Crippen LogP contribution in [0.5, 0.6) is 5.88 Å². The summed E-state index contributed by atoms with van der Waals surface area (Å²) >= 11 is 1.70. The maximum absolute atomic E-state index is 5.24. The summed E-state index contributed by atoms with van der Waals surface area (Å²) in [4.78, 5) is 14.1. The highest BCUT2D eigenvalue weighted by molar-refractivity contribution is 7.11. The topological polar surface area (TPSA) is 71.4 Å². The van der Waals surface area contributed by atoms with Crippen LogP contribution in [0.4, 0.5) is 0 Å². The highest BCUT2D eigenvalue weighted by Crippen LogP contribution is 2.16. The average Bonchev–Trinajstić information content (AvgIpc) is 2.85. The van der Waals surface area contributed by atoms with Crippen LogP contribution < -0.4 is 15.4 Å². The molecule has 0 aromatic carbocycles. The molecule has 2 rings (SSSR count). The molecular formula is C15H21N5OS. The molecule has 0 atom stereocenters. The Kier molecular flexibility index (Phi) is 5.71. The standard InChI is InChI=1S/C15H21N5OS/c1-10-13(22-11(2)20-10)9-19-15(16-3)18-8-12-6-5-7-17-14(12)21-4/h5-7H,8-9H2,1-4H3,(H2,16,18,19). The number of methoxy groups -OCH3 is 1. The van der Waals surface area contributed by atoms with E-state index >= 15 is 0 Å². The minimum atomic E-state index is 0.595. The summed E-state index contributed by atoms with van der Waals surface area (Å²) in [6.45, 7) is 5.35. The van der Waals surface area contributed by atoms with Crippen molar-refractivity contribution in [1.29, 1.82) is 0 Å². The molecule has 0 bridgehead atoms. The molecule has 0 aliphatic carbocycles. The van der Waals surface area contributed by atoms with Gasteiger partial charge < -0.3 is 15.4 Å². The largest absolute Gasteiger partial charge is 0.481 e. The predicted octanol–water partition coefficient (Wildman–Crippen LogP) is 2.03. The van der Waals surface area contributed by atoms with E-state index in [4.69, 9.17) is 4.74 Å². The van der Waals surface area contributed by atoms with Gasteiger partial charge in [0.1, 0.15) is 0 Å². The molecule has 22 heavy (non-hydrogen) atoms. The molecule has 0 unspecified atom stereocenters. The number of guanidine groups is 1. The first-order valence-electron chi connectivity index (χ1n) is 6.99. The van der Waals surface area contributed by atoms with E-state index in [1.165, 1.54) is 4.88 Å². The molecule has 0 aliphatic rings. The number of nitrogens with one attached hydrogen (secondary N) is 2. The van der Waals surface area contributed by atoms with Crippen molar-refractivity contribution in [2.24, 2.45) is 4.99 Å². The number of pyridine rings is 1. The van der Waals surface area contributed by atoms with Gasteiger partial charge in [-0.15, -0.1) is 11.3 Å². The van der Waals surface area contributed by atoms with Crippen LogP contribution in [0.25, 0.3) is 0 Å². The zero-order valence-electron chi connectivity index (χ0n) is 13.3. The third-order valence-corrected chi connectivity index (χ3v) is 4.20. The monoisotopic (exact) mass is 319 g/mol. The number of aliphatic imine (C=N–C) groups is 1. The van der Waals surface area contributed by atoms with Crippen LogP contribution in [0.15, 0.2) is 23.3 Å². The molecule has 2 heterocycles. The Morgan fingerprint density at radius 2 is 2.09 bits per heavy atom. The SMILES string of the molecule is CN=C(NCc1cccnc1OC)NCc1sc(C)nc1C. The number of hydrogen-bond donors (Lipinski definition) is 2. The number of nitrogens with zero attached hydrogens (tertiary/aromatic N) is 3. The zero-order chi connectivity index (χ0) is 15.9. The van der Waals surface area contributed by atoms with Crippen LogP contribution in [0.2, 0.25) is 0 Å². The van der Waals surface area contributed by atoms with Crippen molar-refractivity contribution in [1.82, 2.24) is 20.6 Å². The van der Waals surface area contributed by atoms with Gasteiger partial charge >= 0.3 is 0 Å². The quantitative estimate of drug-likeness (QED) is 0.652. The second-order valence-corrected chi connectivity index (χ2v) is 5.98. The van der Waals surface area contributed by atoms with Gasteiger partial charge in [0, 0.05) is 30.2 Å². The number of aromatic nitrogens is 2. The van der Waals surface area contributed by atoms with Gasteiger partial charge in [0.25, 0.3) is 0 Å². The Morgan fingerprint density at radius 3 is 2.73 bits per heavy atom. The van der Waals surface area contributed by atoms with Gasteiger partial charge in [-0.05, 0) is 19.9 Å². The molecule has 6 nitrogen and oxygen atoms in total. The van der Waals surface area contributed by atoms with E-state index in [2.05, 4.69) is 25.6 Å². The van der Waals surface area contributed by atoms with Gasteiger partial charge in [0.15, 0.2) is 5.96 Å². The first kappa shape index (κ1) is 16.2. The van der Waals surface area contributed by atoms with Crippen molar-refractivity contribution in [3.05, 3.63) is 39.5 Å². The van der Waals surface area contributed by atoms with Gasteiger partial charge in [0.2, 0.25) is 5.88 Å². The Morgan fingerprint density at radius 1 is 1.32 bits per heavy atom. The lowest BCUT2D eigenvalue weighted by molar-refractivity contribution is 0.392. The van der Waals surface area contributed by atoms with Crippen molar-refractivity contribution in [3.8, 4) is 5.88 Å². The highest BCUT2D eigenvalue weighted by atomic mass is 32.1. The minimum absolute atomic E-state index is 0.595. The van der Waals surface area contributed by atoms with E-state index in [0.29, 0.717) is 19.0 Å². The van der Waals surface area contributed by atoms with Gasteiger partial charge in [-0.2, -0.15) is 0 Å². The molecule has 0 fully saturated rings. The number of aryl methyl sites for hydroxylation is 2. The van der Waals surface area contributed by atoms with E-state index in [-0.39, 0.29) is 0 Å². The van der Waals surface area contributed by atoms with E-state index in [0.717, 1.165) is 22.2 Å². The van der Waals surface area contributed by atoms with Crippen LogP contribution in [-0.2, 0) is 13.1 Å². The minimum Gasteiger partial charge on any atom is -0.481 e. The molecule has 2 aromatic heterocycles. The molecule has 0 amide bonds. The molecular weight excluding hydrogens is 298 g/mol. The predicted molar refractivity (Wildman–Crippen MR) is 89.4 cm³/mol. The number of hydrogen-bond acceptors (Lipinski definition) is 5. The van der Waals surface area contributed by atoms with Crippen LogP contribution in [-0.4, -0.2) is 30.1 Å². The lowest BCUT2D eigenvalue weighted by atomic mass is 10.2. The van der Waals surface area contributed by atoms with Gasteiger partial charge in [0.05, 0.1) is 24.4 Å². The maximum atomic E-state index is 5.24. The smallest absolute Gasteiger partial charge is 0.218 e. The Balaban J connectivity index is 1.91. The molecule has 0 aliphatic heterocycles. The summed E-state index contributed by atoms with van der Waals surface area (Å²) in [7, 11) is 3.37. The van der Waals surface area contributed by atoms with Crippen LogP contribution >= 0.6 is 11.3 Å². The summed E-state index contributed by atoms with van der Waals surface area (Å²) in [6, 6.07) is 3.86. The number of rotatable bonds is 5. The maximum Gasteiger partial charge on any atom is 0.218 e. The molecule has 0 spiro atoms. The average molecular weight is 319 g/mol. The van der Waals surface area contributed by atoms with Gasteiger partial charge in [-0.1, -0.05) is 6.07 Å². The molecule has 0 saturated carbocycles.